The topological polar surface area (TPSA) is 72.3 Å². The van der Waals surface area contributed by atoms with Crippen molar-refractivity contribution in [2.24, 2.45) is 11.8 Å². The maximum absolute atomic E-state index is 12.3. The zero-order valence-electron chi connectivity index (χ0n) is 14.0. The molecule has 2 fully saturated rings. The lowest BCUT2D eigenvalue weighted by Crippen LogP contribution is -2.44. The van der Waals surface area contributed by atoms with Crippen molar-refractivity contribution in [2.45, 2.75) is 45.3 Å². The Morgan fingerprint density at radius 2 is 1.96 bits per heavy atom. The Morgan fingerprint density at radius 3 is 2.61 bits per heavy atom. The molecule has 2 saturated heterocycles. The van der Waals surface area contributed by atoms with Gasteiger partial charge in [-0.1, -0.05) is 13.8 Å². The van der Waals surface area contributed by atoms with Gasteiger partial charge < -0.3 is 14.6 Å². The van der Waals surface area contributed by atoms with Crippen molar-refractivity contribution in [3.05, 3.63) is 12.7 Å². The Bertz CT molecular complexity index is 499. The van der Waals surface area contributed by atoms with Crippen molar-refractivity contribution in [1.29, 1.82) is 0 Å². The molecule has 2 unspecified atom stereocenters. The van der Waals surface area contributed by atoms with E-state index in [9.17, 15) is 4.79 Å². The van der Waals surface area contributed by atoms with Crippen LogP contribution in [0.3, 0.4) is 0 Å². The van der Waals surface area contributed by atoms with Crippen LogP contribution in [0.25, 0.3) is 0 Å². The minimum Gasteiger partial charge on any atom is -0.381 e. The number of carbonyl (C=O) groups is 1. The molecule has 7 heteroatoms. The van der Waals surface area contributed by atoms with Gasteiger partial charge in [0.05, 0.1) is 0 Å². The SMILES string of the molecule is CC(C)C1CN(C2CCOCC2)CC1NC(=O)Cn1cnnc1. The minimum atomic E-state index is 0.0364. The molecule has 2 atom stereocenters. The van der Waals surface area contributed by atoms with E-state index in [4.69, 9.17) is 4.74 Å². The van der Waals surface area contributed by atoms with Crippen molar-refractivity contribution >= 4 is 5.91 Å². The molecule has 2 aliphatic rings. The standard InChI is InChI=1S/C16H27N5O2/c1-12(2)14-7-21(13-3-5-23-6-4-13)8-15(14)19-16(22)9-20-10-17-18-11-20/h10-15H,3-9H2,1-2H3,(H,19,22). The second-order valence-electron chi connectivity index (χ2n) is 7.01. The molecule has 128 valence electrons. The Labute approximate surface area is 137 Å². The summed E-state index contributed by atoms with van der Waals surface area (Å²) < 4.78 is 7.17. The van der Waals surface area contributed by atoms with E-state index >= 15 is 0 Å². The number of aromatic nitrogens is 3. The monoisotopic (exact) mass is 321 g/mol. The highest BCUT2D eigenvalue weighted by Gasteiger charge is 2.38. The molecule has 2 aliphatic heterocycles. The third-order valence-electron chi connectivity index (χ3n) is 5.10. The molecule has 0 radical (unpaired) electrons. The summed E-state index contributed by atoms with van der Waals surface area (Å²) in [6.45, 7) is 8.51. The second-order valence-corrected chi connectivity index (χ2v) is 7.01. The molecular weight excluding hydrogens is 294 g/mol. The van der Waals surface area contributed by atoms with E-state index in [0.717, 1.165) is 39.1 Å². The first-order valence-corrected chi connectivity index (χ1v) is 8.57. The van der Waals surface area contributed by atoms with Crippen molar-refractivity contribution < 1.29 is 9.53 Å². The van der Waals surface area contributed by atoms with Crippen LogP contribution in [0.1, 0.15) is 26.7 Å². The molecule has 1 amide bonds. The Kier molecular flexibility index (Phi) is 5.27. The van der Waals surface area contributed by atoms with E-state index in [1.54, 1.807) is 17.2 Å². The first-order valence-electron chi connectivity index (χ1n) is 8.57. The van der Waals surface area contributed by atoms with E-state index in [1.165, 1.54) is 0 Å². The zero-order chi connectivity index (χ0) is 16.2. The molecule has 1 aromatic rings. The predicted molar refractivity (Wildman–Crippen MR) is 85.7 cm³/mol. The quantitative estimate of drug-likeness (QED) is 0.856. The minimum absolute atomic E-state index is 0.0364. The maximum atomic E-state index is 12.3. The lowest BCUT2D eigenvalue weighted by Gasteiger charge is -2.31. The van der Waals surface area contributed by atoms with Crippen LogP contribution in [0.15, 0.2) is 12.7 Å². The van der Waals surface area contributed by atoms with Crippen LogP contribution >= 0.6 is 0 Å². The normalized spacial score (nSPS) is 26.7. The fraction of sp³-hybridized carbons (Fsp3) is 0.812. The fourth-order valence-electron chi connectivity index (χ4n) is 3.76. The second kappa shape index (κ2) is 7.40. The van der Waals surface area contributed by atoms with Crippen LogP contribution in [0.5, 0.6) is 0 Å². The van der Waals surface area contributed by atoms with Gasteiger partial charge in [0.15, 0.2) is 0 Å². The lowest BCUT2D eigenvalue weighted by molar-refractivity contribution is -0.122. The van der Waals surface area contributed by atoms with Gasteiger partial charge in [-0.05, 0) is 24.7 Å². The maximum Gasteiger partial charge on any atom is 0.240 e. The third-order valence-corrected chi connectivity index (χ3v) is 5.10. The number of likely N-dealkylation sites (tertiary alicyclic amines) is 1. The number of hydrogen-bond donors (Lipinski definition) is 1. The summed E-state index contributed by atoms with van der Waals surface area (Å²) in [5, 5.41) is 10.7. The summed E-state index contributed by atoms with van der Waals surface area (Å²) in [7, 11) is 0. The molecule has 23 heavy (non-hydrogen) atoms. The summed E-state index contributed by atoms with van der Waals surface area (Å²) >= 11 is 0. The van der Waals surface area contributed by atoms with Crippen LogP contribution in [0.4, 0.5) is 0 Å². The van der Waals surface area contributed by atoms with Crippen LogP contribution < -0.4 is 5.32 Å². The Balaban J connectivity index is 1.58. The number of hydrogen-bond acceptors (Lipinski definition) is 5. The molecule has 3 rings (SSSR count). The number of ether oxygens (including phenoxy) is 1. The van der Waals surface area contributed by atoms with Gasteiger partial charge in [0.2, 0.25) is 5.91 Å². The van der Waals surface area contributed by atoms with E-state index in [1.807, 2.05) is 0 Å². The lowest BCUT2D eigenvalue weighted by atomic mass is 9.91. The average Bonchev–Trinajstić information content (AvgIpc) is 3.18. The van der Waals surface area contributed by atoms with Crippen LogP contribution in [0, 0.1) is 11.8 Å². The molecule has 1 N–H and O–H groups in total. The van der Waals surface area contributed by atoms with Crippen LogP contribution in [-0.2, 0) is 16.1 Å². The summed E-state index contributed by atoms with van der Waals surface area (Å²) in [5.74, 6) is 1.09. The number of rotatable bonds is 5. The van der Waals surface area contributed by atoms with Gasteiger partial charge >= 0.3 is 0 Å². The van der Waals surface area contributed by atoms with Crippen molar-refractivity contribution in [3.8, 4) is 0 Å². The fourth-order valence-corrected chi connectivity index (χ4v) is 3.76. The summed E-state index contributed by atoms with van der Waals surface area (Å²) in [6.07, 6.45) is 5.35. The average molecular weight is 321 g/mol. The summed E-state index contributed by atoms with van der Waals surface area (Å²) in [4.78, 5) is 14.8. The van der Waals surface area contributed by atoms with Gasteiger partial charge in [-0.15, -0.1) is 10.2 Å². The molecule has 0 saturated carbocycles. The summed E-state index contributed by atoms with van der Waals surface area (Å²) in [6, 6.07) is 0.826. The first-order chi connectivity index (χ1) is 11.1. The Hall–Kier alpha value is -1.47. The van der Waals surface area contributed by atoms with E-state index in [0.29, 0.717) is 17.9 Å². The molecule has 0 aromatic carbocycles. The van der Waals surface area contributed by atoms with Gasteiger partial charge in [0, 0.05) is 38.4 Å². The number of amides is 1. The van der Waals surface area contributed by atoms with E-state index in [-0.39, 0.29) is 18.5 Å². The third kappa shape index (κ3) is 4.09. The van der Waals surface area contributed by atoms with Gasteiger partial charge in [-0.25, -0.2) is 0 Å². The largest absolute Gasteiger partial charge is 0.381 e. The Morgan fingerprint density at radius 1 is 1.26 bits per heavy atom. The van der Waals surface area contributed by atoms with E-state index in [2.05, 4.69) is 34.3 Å². The first kappa shape index (κ1) is 16.4. The predicted octanol–water partition coefficient (Wildman–Crippen LogP) is 0.530. The molecular formula is C16H27N5O2. The van der Waals surface area contributed by atoms with E-state index < -0.39 is 0 Å². The van der Waals surface area contributed by atoms with Crippen molar-refractivity contribution in [2.75, 3.05) is 26.3 Å². The molecule has 1 aromatic heterocycles. The van der Waals surface area contributed by atoms with Crippen molar-refractivity contribution in [3.63, 3.8) is 0 Å². The highest BCUT2D eigenvalue weighted by molar-refractivity contribution is 5.76. The highest BCUT2D eigenvalue weighted by Crippen LogP contribution is 2.28. The molecule has 0 spiro atoms. The van der Waals surface area contributed by atoms with Crippen molar-refractivity contribution in [1.82, 2.24) is 25.0 Å². The molecule has 0 bridgehead atoms. The smallest absolute Gasteiger partial charge is 0.240 e. The van der Waals surface area contributed by atoms with Crippen LogP contribution in [0.2, 0.25) is 0 Å². The van der Waals surface area contributed by atoms with Gasteiger partial charge in [0.1, 0.15) is 19.2 Å². The highest BCUT2D eigenvalue weighted by atomic mass is 16.5. The molecule has 7 nitrogen and oxygen atoms in total. The molecule has 3 heterocycles. The van der Waals surface area contributed by atoms with Gasteiger partial charge in [-0.3, -0.25) is 9.69 Å². The van der Waals surface area contributed by atoms with Crippen LogP contribution in [-0.4, -0.2) is 64.0 Å². The molecule has 0 aliphatic carbocycles. The number of nitrogens with one attached hydrogen (secondary N) is 1. The van der Waals surface area contributed by atoms with Gasteiger partial charge in [0.25, 0.3) is 0 Å². The number of nitrogens with zero attached hydrogens (tertiary/aromatic N) is 4. The number of carbonyl (C=O) groups excluding carboxylic acids is 1. The van der Waals surface area contributed by atoms with Gasteiger partial charge in [-0.2, -0.15) is 0 Å². The zero-order valence-corrected chi connectivity index (χ0v) is 14.0. The summed E-state index contributed by atoms with van der Waals surface area (Å²) in [5.41, 5.74) is 0.